The maximum Gasteiger partial charge on any atom is 0.120 e. The fourth-order valence-electron chi connectivity index (χ4n) is 1.59. The largest absolute Gasteiger partial charge is 0.468 e. The van der Waals surface area contributed by atoms with Gasteiger partial charge < -0.3 is 19.2 Å². The van der Waals surface area contributed by atoms with Crippen LogP contribution in [0.2, 0.25) is 0 Å². The lowest BCUT2D eigenvalue weighted by atomic mass is 10.2. The molecule has 1 atom stereocenters. The van der Waals surface area contributed by atoms with Crippen LogP contribution in [0.5, 0.6) is 0 Å². The Morgan fingerprint density at radius 2 is 2.40 bits per heavy atom. The van der Waals surface area contributed by atoms with Gasteiger partial charge in [0, 0.05) is 6.54 Å². The molecule has 1 fully saturated rings. The number of ether oxygens (including phenoxy) is 2. The van der Waals surface area contributed by atoms with Crippen LogP contribution in [0.15, 0.2) is 16.7 Å². The quantitative estimate of drug-likeness (QED) is 0.809. The Hall–Kier alpha value is -0.840. The first kappa shape index (κ1) is 10.7. The van der Waals surface area contributed by atoms with Crippen molar-refractivity contribution in [1.82, 2.24) is 5.32 Å². The van der Waals surface area contributed by atoms with Gasteiger partial charge in [0.15, 0.2) is 0 Å². The summed E-state index contributed by atoms with van der Waals surface area (Å²) in [6.07, 6.45) is 1.89. The Labute approximate surface area is 89.6 Å². The molecule has 1 aromatic rings. The van der Waals surface area contributed by atoms with Crippen molar-refractivity contribution < 1.29 is 13.9 Å². The van der Waals surface area contributed by atoms with Crippen molar-refractivity contribution in [2.45, 2.75) is 19.6 Å². The van der Waals surface area contributed by atoms with Crippen molar-refractivity contribution in [1.29, 1.82) is 0 Å². The molecule has 4 heteroatoms. The Morgan fingerprint density at radius 3 is 3.07 bits per heavy atom. The minimum absolute atomic E-state index is 0.175. The molecule has 1 aromatic heterocycles. The van der Waals surface area contributed by atoms with Gasteiger partial charge in [0.2, 0.25) is 0 Å². The summed E-state index contributed by atoms with van der Waals surface area (Å²) in [6.45, 7) is 5.70. The normalized spacial score (nSPS) is 21.8. The Bertz CT molecular complexity index is 292. The topological polar surface area (TPSA) is 43.6 Å². The molecule has 15 heavy (non-hydrogen) atoms. The fraction of sp³-hybridized carbons (Fsp3) is 0.636. The highest BCUT2D eigenvalue weighted by atomic mass is 16.6. The zero-order valence-electron chi connectivity index (χ0n) is 8.99. The Balaban J connectivity index is 1.68. The van der Waals surface area contributed by atoms with Gasteiger partial charge >= 0.3 is 0 Å². The molecule has 0 saturated carbocycles. The first-order chi connectivity index (χ1) is 7.36. The van der Waals surface area contributed by atoms with E-state index in [0.717, 1.165) is 18.8 Å². The second-order valence-corrected chi connectivity index (χ2v) is 3.73. The van der Waals surface area contributed by atoms with E-state index in [1.807, 2.05) is 13.0 Å². The standard InChI is InChI=1S/C11H17NO3/c1-9-2-3-15-11(9)7-12-6-10-8-13-4-5-14-10/h2-3,10,12H,4-8H2,1H3. The van der Waals surface area contributed by atoms with Gasteiger partial charge in [-0.2, -0.15) is 0 Å². The Morgan fingerprint density at radius 1 is 1.47 bits per heavy atom. The van der Waals surface area contributed by atoms with Crippen LogP contribution in [0.25, 0.3) is 0 Å². The van der Waals surface area contributed by atoms with Crippen molar-refractivity contribution in [3.05, 3.63) is 23.7 Å². The molecule has 84 valence electrons. The number of hydrogen-bond donors (Lipinski definition) is 1. The lowest BCUT2D eigenvalue weighted by Crippen LogP contribution is -2.37. The second kappa shape index (κ2) is 5.30. The van der Waals surface area contributed by atoms with E-state index in [0.29, 0.717) is 19.8 Å². The summed E-state index contributed by atoms with van der Waals surface area (Å²) in [7, 11) is 0. The van der Waals surface area contributed by atoms with Gasteiger partial charge in [-0.05, 0) is 18.6 Å². The SMILES string of the molecule is Cc1ccoc1CNCC1COCCO1. The van der Waals surface area contributed by atoms with Gasteiger partial charge in [-0.25, -0.2) is 0 Å². The zero-order chi connectivity index (χ0) is 10.5. The minimum atomic E-state index is 0.175. The monoisotopic (exact) mass is 211 g/mol. The third-order valence-electron chi connectivity index (χ3n) is 2.51. The molecule has 0 radical (unpaired) electrons. The number of furan rings is 1. The molecule has 0 amide bonds. The fourth-order valence-corrected chi connectivity index (χ4v) is 1.59. The average Bonchev–Trinajstić information content (AvgIpc) is 2.66. The summed E-state index contributed by atoms with van der Waals surface area (Å²) in [5.41, 5.74) is 1.18. The van der Waals surface area contributed by atoms with Crippen LogP contribution in [0.4, 0.5) is 0 Å². The minimum Gasteiger partial charge on any atom is -0.468 e. The first-order valence-corrected chi connectivity index (χ1v) is 5.29. The molecule has 0 bridgehead atoms. The van der Waals surface area contributed by atoms with Gasteiger partial charge in [0.05, 0.1) is 38.7 Å². The van der Waals surface area contributed by atoms with Crippen LogP contribution < -0.4 is 5.32 Å². The van der Waals surface area contributed by atoms with E-state index in [2.05, 4.69) is 5.32 Å². The summed E-state index contributed by atoms with van der Waals surface area (Å²) in [6, 6.07) is 1.97. The van der Waals surface area contributed by atoms with Crippen molar-refractivity contribution >= 4 is 0 Å². The number of hydrogen-bond acceptors (Lipinski definition) is 4. The molecule has 1 unspecified atom stereocenters. The van der Waals surface area contributed by atoms with Gasteiger partial charge in [-0.1, -0.05) is 0 Å². The number of nitrogens with one attached hydrogen (secondary N) is 1. The molecule has 1 N–H and O–H groups in total. The summed E-state index contributed by atoms with van der Waals surface area (Å²) in [4.78, 5) is 0. The van der Waals surface area contributed by atoms with E-state index in [-0.39, 0.29) is 6.10 Å². The zero-order valence-corrected chi connectivity index (χ0v) is 8.99. The highest BCUT2D eigenvalue weighted by Crippen LogP contribution is 2.08. The summed E-state index contributed by atoms with van der Waals surface area (Å²) in [5.74, 6) is 0.992. The third-order valence-corrected chi connectivity index (χ3v) is 2.51. The maximum atomic E-state index is 5.51. The summed E-state index contributed by atoms with van der Waals surface area (Å²) < 4.78 is 16.1. The lowest BCUT2D eigenvalue weighted by Gasteiger charge is -2.22. The predicted molar refractivity (Wildman–Crippen MR) is 55.7 cm³/mol. The molecule has 1 aliphatic rings. The summed E-state index contributed by atoms with van der Waals surface area (Å²) in [5, 5.41) is 3.30. The van der Waals surface area contributed by atoms with Gasteiger partial charge in [0.1, 0.15) is 5.76 Å². The van der Waals surface area contributed by atoms with E-state index in [9.17, 15) is 0 Å². The van der Waals surface area contributed by atoms with Crippen LogP contribution in [0.1, 0.15) is 11.3 Å². The molecule has 1 saturated heterocycles. The molecule has 2 heterocycles. The molecule has 1 aliphatic heterocycles. The van der Waals surface area contributed by atoms with Crippen LogP contribution in [0, 0.1) is 6.92 Å². The molecular formula is C11H17NO3. The number of aryl methyl sites for hydroxylation is 1. The van der Waals surface area contributed by atoms with Crippen molar-refractivity contribution in [2.75, 3.05) is 26.4 Å². The van der Waals surface area contributed by atoms with Crippen molar-refractivity contribution in [3.8, 4) is 0 Å². The highest BCUT2D eigenvalue weighted by Gasteiger charge is 2.13. The molecular weight excluding hydrogens is 194 g/mol. The second-order valence-electron chi connectivity index (χ2n) is 3.73. The molecule has 4 nitrogen and oxygen atoms in total. The van der Waals surface area contributed by atoms with Crippen LogP contribution in [-0.4, -0.2) is 32.5 Å². The third kappa shape index (κ3) is 3.06. The lowest BCUT2D eigenvalue weighted by molar-refractivity contribution is -0.0865. The van der Waals surface area contributed by atoms with E-state index >= 15 is 0 Å². The van der Waals surface area contributed by atoms with E-state index in [4.69, 9.17) is 13.9 Å². The molecule has 0 aliphatic carbocycles. The van der Waals surface area contributed by atoms with Gasteiger partial charge in [-0.3, -0.25) is 0 Å². The van der Waals surface area contributed by atoms with Crippen LogP contribution >= 0.6 is 0 Å². The average molecular weight is 211 g/mol. The predicted octanol–water partition coefficient (Wildman–Crippen LogP) is 1.09. The van der Waals surface area contributed by atoms with Crippen molar-refractivity contribution in [3.63, 3.8) is 0 Å². The van der Waals surface area contributed by atoms with Gasteiger partial charge in [0.25, 0.3) is 0 Å². The molecule has 0 spiro atoms. The van der Waals surface area contributed by atoms with Crippen LogP contribution in [-0.2, 0) is 16.0 Å². The van der Waals surface area contributed by atoms with E-state index in [1.54, 1.807) is 6.26 Å². The van der Waals surface area contributed by atoms with Gasteiger partial charge in [-0.15, -0.1) is 0 Å². The number of rotatable bonds is 4. The maximum absolute atomic E-state index is 5.51. The summed E-state index contributed by atoms with van der Waals surface area (Å²) >= 11 is 0. The van der Waals surface area contributed by atoms with Crippen molar-refractivity contribution in [2.24, 2.45) is 0 Å². The molecule has 2 rings (SSSR count). The van der Waals surface area contributed by atoms with Crippen LogP contribution in [0.3, 0.4) is 0 Å². The van der Waals surface area contributed by atoms with E-state index < -0.39 is 0 Å². The first-order valence-electron chi connectivity index (χ1n) is 5.29. The Kier molecular flexibility index (Phi) is 3.77. The van der Waals surface area contributed by atoms with E-state index in [1.165, 1.54) is 5.56 Å². The molecule has 0 aromatic carbocycles. The highest BCUT2D eigenvalue weighted by molar-refractivity contribution is 5.14. The smallest absolute Gasteiger partial charge is 0.120 e.